The number of pyridine rings is 1. The van der Waals surface area contributed by atoms with Gasteiger partial charge in [0.2, 0.25) is 0 Å². The van der Waals surface area contributed by atoms with Gasteiger partial charge in [0.05, 0.1) is 24.4 Å². The summed E-state index contributed by atoms with van der Waals surface area (Å²) < 4.78 is 5.25. The van der Waals surface area contributed by atoms with Crippen molar-refractivity contribution in [3.05, 3.63) is 60.2 Å². The van der Waals surface area contributed by atoms with E-state index in [9.17, 15) is 5.11 Å². The van der Waals surface area contributed by atoms with Gasteiger partial charge < -0.3 is 15.2 Å². The van der Waals surface area contributed by atoms with Crippen LogP contribution in [-0.2, 0) is 0 Å². The second-order valence-electron chi connectivity index (χ2n) is 6.84. The number of fused-ring (bicyclic) bond motifs is 1. The SMILES string of the molecule is COc1ccc(-c2cc([C@H](O)[C@H]3CCCCN3)c3ccccc3n2)cc1. The van der Waals surface area contributed by atoms with Crippen LogP contribution in [0.5, 0.6) is 5.75 Å². The molecule has 0 saturated carbocycles. The number of aromatic nitrogens is 1. The third-order valence-electron chi connectivity index (χ3n) is 5.18. The van der Waals surface area contributed by atoms with Crippen molar-refractivity contribution in [2.24, 2.45) is 0 Å². The van der Waals surface area contributed by atoms with Crippen LogP contribution in [0.4, 0.5) is 0 Å². The van der Waals surface area contributed by atoms with Crippen LogP contribution in [0.2, 0.25) is 0 Å². The minimum atomic E-state index is -0.541. The highest BCUT2D eigenvalue weighted by Crippen LogP contribution is 2.32. The van der Waals surface area contributed by atoms with Crippen LogP contribution in [0.25, 0.3) is 22.2 Å². The molecule has 1 saturated heterocycles. The van der Waals surface area contributed by atoms with Crippen LogP contribution >= 0.6 is 0 Å². The predicted molar refractivity (Wildman–Crippen MR) is 104 cm³/mol. The Morgan fingerprint density at radius 3 is 2.65 bits per heavy atom. The highest BCUT2D eigenvalue weighted by Gasteiger charge is 2.25. The molecule has 4 nitrogen and oxygen atoms in total. The van der Waals surface area contributed by atoms with Crippen molar-refractivity contribution in [2.45, 2.75) is 31.4 Å². The van der Waals surface area contributed by atoms with Crippen molar-refractivity contribution < 1.29 is 9.84 Å². The summed E-state index contributed by atoms with van der Waals surface area (Å²) in [5, 5.41) is 15.6. The standard InChI is InChI=1S/C22H24N2O2/c1-26-16-11-9-15(10-12-16)21-14-18(17-6-2-3-7-19(17)24-21)22(25)20-8-4-5-13-23-20/h2-3,6-7,9-12,14,20,22-23,25H,4-5,8,13H2,1H3/t20-,22+/m1/s1. The molecule has 2 N–H and O–H groups in total. The van der Waals surface area contributed by atoms with E-state index in [2.05, 4.69) is 5.32 Å². The number of aliphatic hydroxyl groups excluding tert-OH is 1. The van der Waals surface area contributed by atoms with E-state index in [-0.39, 0.29) is 6.04 Å². The Hall–Kier alpha value is -2.43. The molecule has 0 radical (unpaired) electrons. The summed E-state index contributed by atoms with van der Waals surface area (Å²) in [5.74, 6) is 0.821. The fourth-order valence-electron chi connectivity index (χ4n) is 3.72. The Balaban J connectivity index is 1.79. The van der Waals surface area contributed by atoms with Crippen LogP contribution in [0.3, 0.4) is 0 Å². The first-order valence-electron chi connectivity index (χ1n) is 9.22. The summed E-state index contributed by atoms with van der Waals surface area (Å²) in [6.07, 6.45) is 2.79. The normalized spacial score (nSPS) is 18.6. The largest absolute Gasteiger partial charge is 0.497 e. The molecule has 0 amide bonds. The first-order chi connectivity index (χ1) is 12.8. The van der Waals surface area contributed by atoms with Gasteiger partial charge in [-0.3, -0.25) is 0 Å². The lowest BCUT2D eigenvalue weighted by molar-refractivity contribution is 0.115. The van der Waals surface area contributed by atoms with E-state index in [1.807, 2.05) is 54.6 Å². The summed E-state index contributed by atoms with van der Waals surface area (Å²) in [6.45, 7) is 0.968. The Bertz CT molecular complexity index is 886. The van der Waals surface area contributed by atoms with Gasteiger partial charge in [-0.1, -0.05) is 24.6 Å². The van der Waals surface area contributed by atoms with Gasteiger partial charge in [0.1, 0.15) is 5.75 Å². The molecule has 2 aromatic carbocycles. The fourth-order valence-corrected chi connectivity index (χ4v) is 3.72. The summed E-state index contributed by atoms with van der Waals surface area (Å²) in [7, 11) is 1.66. The van der Waals surface area contributed by atoms with Crippen molar-refractivity contribution in [3.63, 3.8) is 0 Å². The number of rotatable bonds is 4. The van der Waals surface area contributed by atoms with E-state index in [0.29, 0.717) is 0 Å². The number of hydrogen-bond acceptors (Lipinski definition) is 4. The molecule has 1 aromatic heterocycles. The molecule has 2 heterocycles. The second kappa shape index (κ2) is 7.44. The molecule has 3 aromatic rings. The summed E-state index contributed by atoms with van der Waals surface area (Å²) >= 11 is 0. The van der Waals surface area contributed by atoms with Gasteiger partial charge >= 0.3 is 0 Å². The predicted octanol–water partition coefficient (Wildman–Crippen LogP) is 4.09. The smallest absolute Gasteiger partial charge is 0.118 e. The number of piperidine rings is 1. The van der Waals surface area contributed by atoms with Crippen LogP contribution in [-0.4, -0.2) is 29.8 Å². The Labute approximate surface area is 153 Å². The van der Waals surface area contributed by atoms with E-state index in [0.717, 1.165) is 52.9 Å². The van der Waals surface area contributed by atoms with Crippen molar-refractivity contribution in [2.75, 3.05) is 13.7 Å². The molecule has 4 rings (SSSR count). The number of aliphatic hydroxyl groups is 1. The number of para-hydroxylation sites is 1. The fraction of sp³-hybridized carbons (Fsp3) is 0.318. The molecular formula is C22H24N2O2. The number of nitrogens with one attached hydrogen (secondary N) is 1. The van der Waals surface area contributed by atoms with Crippen molar-refractivity contribution in [3.8, 4) is 17.0 Å². The van der Waals surface area contributed by atoms with Crippen molar-refractivity contribution >= 4 is 10.9 Å². The molecule has 1 aliphatic heterocycles. The maximum atomic E-state index is 11.1. The zero-order chi connectivity index (χ0) is 17.9. The molecule has 1 fully saturated rings. The maximum Gasteiger partial charge on any atom is 0.118 e. The van der Waals surface area contributed by atoms with Gasteiger partial charge in [0.15, 0.2) is 0 Å². The van der Waals surface area contributed by atoms with Gasteiger partial charge in [-0.05, 0) is 61.3 Å². The average molecular weight is 348 g/mol. The molecular weight excluding hydrogens is 324 g/mol. The first kappa shape index (κ1) is 17.0. The molecule has 2 atom stereocenters. The highest BCUT2D eigenvalue weighted by molar-refractivity contribution is 5.85. The minimum absolute atomic E-state index is 0.0956. The molecule has 134 valence electrons. The Morgan fingerprint density at radius 1 is 1.12 bits per heavy atom. The zero-order valence-electron chi connectivity index (χ0n) is 15.0. The van der Waals surface area contributed by atoms with Gasteiger partial charge in [0, 0.05) is 17.0 Å². The molecule has 0 spiro atoms. The number of hydrogen-bond donors (Lipinski definition) is 2. The van der Waals surface area contributed by atoms with Gasteiger partial charge in [0.25, 0.3) is 0 Å². The molecule has 1 aliphatic rings. The lowest BCUT2D eigenvalue weighted by Gasteiger charge is -2.29. The van der Waals surface area contributed by atoms with E-state index in [1.165, 1.54) is 6.42 Å². The topological polar surface area (TPSA) is 54.4 Å². The monoisotopic (exact) mass is 348 g/mol. The third kappa shape index (κ3) is 3.30. The van der Waals surface area contributed by atoms with Crippen LogP contribution in [0.15, 0.2) is 54.6 Å². The Morgan fingerprint density at radius 2 is 1.92 bits per heavy atom. The summed E-state index contributed by atoms with van der Waals surface area (Å²) in [4.78, 5) is 4.82. The van der Waals surface area contributed by atoms with Gasteiger partial charge in [-0.2, -0.15) is 0 Å². The number of methoxy groups -OCH3 is 1. The molecule has 4 heteroatoms. The van der Waals surface area contributed by atoms with E-state index < -0.39 is 6.10 Å². The Kier molecular flexibility index (Phi) is 4.87. The quantitative estimate of drug-likeness (QED) is 0.746. The molecule has 0 aliphatic carbocycles. The average Bonchev–Trinajstić information content (AvgIpc) is 2.73. The number of benzene rings is 2. The zero-order valence-corrected chi connectivity index (χ0v) is 15.0. The first-order valence-corrected chi connectivity index (χ1v) is 9.22. The number of nitrogens with zero attached hydrogens (tertiary/aromatic N) is 1. The minimum Gasteiger partial charge on any atom is -0.497 e. The lowest BCUT2D eigenvalue weighted by atomic mass is 9.92. The molecule has 26 heavy (non-hydrogen) atoms. The maximum absolute atomic E-state index is 11.1. The van der Waals surface area contributed by atoms with E-state index in [4.69, 9.17) is 9.72 Å². The van der Waals surface area contributed by atoms with E-state index in [1.54, 1.807) is 7.11 Å². The lowest BCUT2D eigenvalue weighted by Crippen LogP contribution is -2.38. The highest BCUT2D eigenvalue weighted by atomic mass is 16.5. The van der Waals surface area contributed by atoms with Crippen LogP contribution in [0.1, 0.15) is 30.9 Å². The molecule has 0 bridgehead atoms. The summed E-state index contributed by atoms with van der Waals surface area (Å²) in [5.41, 5.74) is 3.74. The van der Waals surface area contributed by atoms with Crippen molar-refractivity contribution in [1.29, 1.82) is 0 Å². The van der Waals surface area contributed by atoms with Gasteiger partial charge in [-0.15, -0.1) is 0 Å². The number of ether oxygens (including phenoxy) is 1. The second-order valence-corrected chi connectivity index (χ2v) is 6.84. The van der Waals surface area contributed by atoms with Crippen LogP contribution in [0, 0.1) is 0 Å². The summed E-state index contributed by atoms with van der Waals surface area (Å²) in [6, 6.07) is 18.0. The van der Waals surface area contributed by atoms with Gasteiger partial charge in [-0.25, -0.2) is 4.98 Å². The van der Waals surface area contributed by atoms with E-state index >= 15 is 0 Å². The van der Waals surface area contributed by atoms with Crippen LogP contribution < -0.4 is 10.1 Å². The molecule has 0 unspecified atom stereocenters. The third-order valence-corrected chi connectivity index (χ3v) is 5.18. The van der Waals surface area contributed by atoms with Crippen molar-refractivity contribution in [1.82, 2.24) is 10.3 Å².